The average Bonchev–Trinajstić information content (AvgIpc) is 2.42. The van der Waals surface area contributed by atoms with Crippen LogP contribution in [0.4, 0.5) is 5.69 Å². The summed E-state index contributed by atoms with van der Waals surface area (Å²) in [6, 6.07) is 9.03. The van der Waals surface area contributed by atoms with Gasteiger partial charge in [0.15, 0.2) is 0 Å². The molecule has 0 spiro atoms. The predicted octanol–water partition coefficient (Wildman–Crippen LogP) is 0.404. The van der Waals surface area contributed by atoms with Gasteiger partial charge in [0.25, 0.3) is 0 Å². The number of anilines is 1. The molecule has 6 heteroatoms. The van der Waals surface area contributed by atoms with Crippen molar-refractivity contribution in [2.24, 2.45) is 0 Å². The third-order valence-electron chi connectivity index (χ3n) is 2.17. The van der Waals surface area contributed by atoms with Crippen LogP contribution in [0.25, 0.3) is 0 Å². The zero-order valence-electron chi connectivity index (χ0n) is 10.8. The van der Waals surface area contributed by atoms with Crippen LogP contribution in [-0.2, 0) is 19.1 Å². The van der Waals surface area contributed by atoms with Crippen LogP contribution in [-0.4, -0.2) is 45.3 Å². The summed E-state index contributed by atoms with van der Waals surface area (Å²) in [6.07, 6.45) is 0. The molecule has 1 aromatic rings. The molecular formula is C13H18N2O4. The topological polar surface area (TPSA) is 76.7 Å². The number of para-hydroxylation sites is 1. The summed E-state index contributed by atoms with van der Waals surface area (Å²) in [7, 11) is 1.55. The number of hydrogen-bond acceptors (Lipinski definition) is 4. The highest BCUT2D eigenvalue weighted by Crippen LogP contribution is 2.03. The van der Waals surface area contributed by atoms with Crippen LogP contribution in [0.5, 0.6) is 0 Å². The Morgan fingerprint density at radius 3 is 2.53 bits per heavy atom. The second kappa shape index (κ2) is 9.07. The summed E-state index contributed by atoms with van der Waals surface area (Å²) >= 11 is 0. The highest BCUT2D eigenvalue weighted by Gasteiger charge is 2.05. The Labute approximate surface area is 112 Å². The fourth-order valence-corrected chi connectivity index (χ4v) is 1.26. The van der Waals surface area contributed by atoms with E-state index in [2.05, 4.69) is 10.6 Å². The van der Waals surface area contributed by atoms with Gasteiger partial charge in [-0.3, -0.25) is 9.59 Å². The van der Waals surface area contributed by atoms with Crippen molar-refractivity contribution in [3.8, 4) is 0 Å². The summed E-state index contributed by atoms with van der Waals surface area (Å²) in [5.41, 5.74) is 0.693. The van der Waals surface area contributed by atoms with E-state index < -0.39 is 0 Å². The summed E-state index contributed by atoms with van der Waals surface area (Å²) in [6.45, 7) is 0.616. The van der Waals surface area contributed by atoms with Crippen LogP contribution in [0.2, 0.25) is 0 Å². The van der Waals surface area contributed by atoms with Crippen LogP contribution in [0.3, 0.4) is 0 Å². The average molecular weight is 266 g/mol. The minimum atomic E-state index is -0.334. The van der Waals surface area contributed by atoms with Crippen LogP contribution >= 0.6 is 0 Å². The zero-order valence-corrected chi connectivity index (χ0v) is 10.8. The van der Waals surface area contributed by atoms with Gasteiger partial charge in [0.05, 0.1) is 19.8 Å². The van der Waals surface area contributed by atoms with Crippen molar-refractivity contribution in [1.82, 2.24) is 5.32 Å². The second-order valence-corrected chi connectivity index (χ2v) is 3.74. The number of hydrogen-bond donors (Lipinski definition) is 2. The monoisotopic (exact) mass is 266 g/mol. The number of benzene rings is 1. The lowest BCUT2D eigenvalue weighted by Crippen LogP contribution is -2.35. The van der Waals surface area contributed by atoms with Crippen LogP contribution < -0.4 is 10.6 Å². The number of carbonyl (C=O) groups excluding carboxylic acids is 2. The van der Waals surface area contributed by atoms with Crippen molar-refractivity contribution in [3.63, 3.8) is 0 Å². The molecule has 0 radical (unpaired) electrons. The summed E-state index contributed by atoms with van der Waals surface area (Å²) in [5.74, 6) is -0.615. The molecule has 104 valence electrons. The molecule has 6 nitrogen and oxygen atoms in total. The van der Waals surface area contributed by atoms with Gasteiger partial charge in [-0.15, -0.1) is 0 Å². The lowest BCUT2D eigenvalue weighted by molar-refractivity contribution is -0.128. The Balaban J connectivity index is 2.14. The molecule has 0 bridgehead atoms. The van der Waals surface area contributed by atoms with E-state index >= 15 is 0 Å². The van der Waals surface area contributed by atoms with Crippen LogP contribution in [0, 0.1) is 0 Å². The Hall–Kier alpha value is -1.92. The van der Waals surface area contributed by atoms with Crippen LogP contribution in [0.15, 0.2) is 30.3 Å². The van der Waals surface area contributed by atoms with Crippen LogP contribution in [0.1, 0.15) is 0 Å². The molecule has 0 aliphatic rings. The van der Waals surface area contributed by atoms with E-state index in [9.17, 15) is 9.59 Å². The largest absolute Gasteiger partial charge is 0.382 e. The SMILES string of the molecule is COCCOCC(=O)NCC(=O)Nc1ccccc1. The third kappa shape index (κ3) is 7.17. The lowest BCUT2D eigenvalue weighted by Gasteiger charge is -2.07. The first-order valence-electron chi connectivity index (χ1n) is 5.90. The molecule has 2 N–H and O–H groups in total. The molecule has 1 rings (SSSR count). The van der Waals surface area contributed by atoms with Gasteiger partial charge in [-0.2, -0.15) is 0 Å². The van der Waals surface area contributed by atoms with Gasteiger partial charge in [0.1, 0.15) is 6.61 Å². The van der Waals surface area contributed by atoms with Gasteiger partial charge < -0.3 is 20.1 Å². The summed E-state index contributed by atoms with van der Waals surface area (Å²) in [5, 5.41) is 5.12. The quantitative estimate of drug-likeness (QED) is 0.668. The first-order valence-corrected chi connectivity index (χ1v) is 5.90. The molecule has 0 aliphatic heterocycles. The third-order valence-corrected chi connectivity index (χ3v) is 2.17. The first-order chi connectivity index (χ1) is 9.22. The molecule has 2 amide bonds. The standard InChI is InChI=1S/C13H18N2O4/c1-18-7-8-19-10-13(17)14-9-12(16)15-11-5-3-2-4-6-11/h2-6H,7-10H2,1H3,(H,14,17)(H,15,16). The molecule has 0 saturated carbocycles. The van der Waals surface area contributed by atoms with Crippen molar-refractivity contribution in [2.75, 3.05) is 38.8 Å². The number of amides is 2. The number of carbonyl (C=O) groups is 2. The molecule has 1 aromatic carbocycles. The van der Waals surface area contributed by atoms with Crippen molar-refractivity contribution >= 4 is 17.5 Å². The maximum Gasteiger partial charge on any atom is 0.246 e. The highest BCUT2D eigenvalue weighted by atomic mass is 16.5. The Bertz CT molecular complexity index is 395. The molecule has 0 aromatic heterocycles. The van der Waals surface area contributed by atoms with Crippen molar-refractivity contribution in [1.29, 1.82) is 0 Å². The molecule has 0 atom stereocenters. The summed E-state index contributed by atoms with van der Waals surface area (Å²) in [4.78, 5) is 22.8. The van der Waals surface area contributed by atoms with E-state index in [1.807, 2.05) is 18.2 Å². The number of ether oxygens (including phenoxy) is 2. The van der Waals surface area contributed by atoms with Gasteiger partial charge in [-0.05, 0) is 12.1 Å². The second-order valence-electron chi connectivity index (χ2n) is 3.74. The smallest absolute Gasteiger partial charge is 0.246 e. The summed E-state index contributed by atoms with van der Waals surface area (Å²) < 4.78 is 9.79. The maximum atomic E-state index is 11.5. The number of rotatable bonds is 8. The number of methoxy groups -OCH3 is 1. The first kappa shape index (κ1) is 15.1. The van der Waals surface area contributed by atoms with E-state index in [4.69, 9.17) is 9.47 Å². The van der Waals surface area contributed by atoms with E-state index in [1.54, 1.807) is 19.2 Å². The van der Waals surface area contributed by atoms with Gasteiger partial charge in [0, 0.05) is 12.8 Å². The molecule has 0 heterocycles. The van der Waals surface area contributed by atoms with Crippen molar-refractivity contribution in [2.45, 2.75) is 0 Å². The lowest BCUT2D eigenvalue weighted by atomic mass is 10.3. The maximum absolute atomic E-state index is 11.5. The van der Waals surface area contributed by atoms with Gasteiger partial charge in [0.2, 0.25) is 11.8 Å². The molecule has 0 saturated heterocycles. The molecule has 0 aliphatic carbocycles. The zero-order chi connectivity index (χ0) is 13.9. The molecular weight excluding hydrogens is 248 g/mol. The van der Waals surface area contributed by atoms with E-state index in [-0.39, 0.29) is 25.0 Å². The fourth-order valence-electron chi connectivity index (χ4n) is 1.26. The Morgan fingerprint density at radius 2 is 1.84 bits per heavy atom. The van der Waals surface area contributed by atoms with Gasteiger partial charge in [-0.25, -0.2) is 0 Å². The minimum Gasteiger partial charge on any atom is -0.382 e. The predicted molar refractivity (Wildman–Crippen MR) is 70.8 cm³/mol. The molecule has 0 fully saturated rings. The van der Waals surface area contributed by atoms with E-state index in [0.29, 0.717) is 18.9 Å². The fraction of sp³-hybridized carbons (Fsp3) is 0.385. The van der Waals surface area contributed by atoms with Gasteiger partial charge in [-0.1, -0.05) is 18.2 Å². The minimum absolute atomic E-state index is 0.0814. The Morgan fingerprint density at radius 1 is 1.11 bits per heavy atom. The normalized spacial score (nSPS) is 9.95. The molecule has 0 unspecified atom stereocenters. The van der Waals surface area contributed by atoms with E-state index in [0.717, 1.165) is 0 Å². The Kier molecular flexibility index (Phi) is 7.23. The number of nitrogens with one attached hydrogen (secondary N) is 2. The molecule has 19 heavy (non-hydrogen) atoms. The van der Waals surface area contributed by atoms with Gasteiger partial charge >= 0.3 is 0 Å². The highest BCUT2D eigenvalue weighted by molar-refractivity contribution is 5.94. The van der Waals surface area contributed by atoms with Crippen molar-refractivity contribution < 1.29 is 19.1 Å². The van der Waals surface area contributed by atoms with E-state index in [1.165, 1.54) is 0 Å². The van der Waals surface area contributed by atoms with Crippen molar-refractivity contribution in [3.05, 3.63) is 30.3 Å².